The van der Waals surface area contributed by atoms with Gasteiger partial charge in [0, 0.05) is 6.20 Å². The van der Waals surface area contributed by atoms with E-state index in [0.29, 0.717) is 6.54 Å². The van der Waals surface area contributed by atoms with E-state index in [0.717, 1.165) is 11.3 Å². The lowest BCUT2D eigenvalue weighted by molar-refractivity contribution is 0.414. The molecule has 0 saturated heterocycles. The molecule has 1 heterocycles. The first-order chi connectivity index (χ1) is 10.8. The first kappa shape index (κ1) is 17.3. The molecule has 6 heteroatoms. The van der Waals surface area contributed by atoms with Crippen LogP contribution in [0.2, 0.25) is 24.8 Å². The Hall–Kier alpha value is -2.03. The maximum Gasteiger partial charge on any atom is 0.285 e. The van der Waals surface area contributed by atoms with Crippen LogP contribution in [0.4, 0.5) is 0 Å². The smallest absolute Gasteiger partial charge is 0.285 e. The van der Waals surface area contributed by atoms with E-state index >= 15 is 0 Å². The van der Waals surface area contributed by atoms with Crippen LogP contribution in [0.1, 0.15) is 11.3 Å². The third-order valence-corrected chi connectivity index (χ3v) is 4.07. The molecule has 2 aromatic rings. The van der Waals surface area contributed by atoms with Gasteiger partial charge in [0.2, 0.25) is 0 Å². The molecule has 0 aliphatic carbocycles. The molecule has 0 saturated carbocycles. The summed E-state index contributed by atoms with van der Waals surface area (Å²) in [7, 11) is 0.0281. The maximum absolute atomic E-state index is 12.5. The summed E-state index contributed by atoms with van der Waals surface area (Å²) in [5.74, 6) is 3.67. The average molecular weight is 347 g/mol. The van der Waals surface area contributed by atoms with Crippen molar-refractivity contribution in [2.24, 2.45) is 0 Å². The molecule has 0 fully saturated rings. The zero-order chi connectivity index (χ0) is 17.0. The van der Waals surface area contributed by atoms with E-state index in [2.05, 4.69) is 36.1 Å². The molecule has 120 valence electrons. The van der Waals surface area contributed by atoms with Gasteiger partial charge in [-0.05, 0) is 23.6 Å². The van der Waals surface area contributed by atoms with Gasteiger partial charge in [-0.3, -0.25) is 4.79 Å². The van der Waals surface area contributed by atoms with Crippen LogP contribution >= 0.6 is 11.6 Å². The zero-order valence-corrected chi connectivity index (χ0v) is 15.4. The molecular weight excluding hydrogens is 328 g/mol. The van der Waals surface area contributed by atoms with Crippen LogP contribution in [0.25, 0.3) is 0 Å². The molecule has 0 amide bonds. The number of aromatic nitrogens is 2. The summed E-state index contributed by atoms with van der Waals surface area (Å²) >= 11 is 6.04. The number of nitrogens with zero attached hydrogens (tertiary/aromatic N) is 2. The molecule has 0 spiro atoms. The Kier molecular flexibility index (Phi) is 5.29. The number of benzene rings is 1. The highest BCUT2D eigenvalue weighted by Gasteiger charge is 2.10. The summed E-state index contributed by atoms with van der Waals surface area (Å²) in [6.07, 6.45) is 1.54. The van der Waals surface area contributed by atoms with Crippen LogP contribution in [-0.2, 0) is 6.54 Å². The Morgan fingerprint density at radius 2 is 1.91 bits per heavy atom. The van der Waals surface area contributed by atoms with Crippen molar-refractivity contribution in [1.29, 1.82) is 0 Å². The Balaban J connectivity index is 2.36. The number of methoxy groups -OCH3 is 1. The largest absolute Gasteiger partial charge is 0.497 e. The van der Waals surface area contributed by atoms with Gasteiger partial charge in [0.15, 0.2) is 5.69 Å². The molecule has 0 unspecified atom stereocenters. The Bertz CT molecular complexity index is 812. The number of ether oxygens (including phenoxy) is 1. The van der Waals surface area contributed by atoms with Crippen molar-refractivity contribution < 1.29 is 4.74 Å². The fraction of sp³-hybridized carbons (Fsp3) is 0.294. The van der Waals surface area contributed by atoms with Crippen LogP contribution in [-0.4, -0.2) is 24.7 Å². The summed E-state index contributed by atoms with van der Waals surface area (Å²) < 4.78 is 6.66. The van der Waals surface area contributed by atoms with Crippen molar-refractivity contribution >= 4 is 19.7 Å². The van der Waals surface area contributed by atoms with E-state index in [9.17, 15) is 4.79 Å². The van der Waals surface area contributed by atoms with Crippen molar-refractivity contribution in [2.75, 3.05) is 7.11 Å². The van der Waals surface area contributed by atoms with Gasteiger partial charge >= 0.3 is 0 Å². The minimum absolute atomic E-state index is 0.202. The van der Waals surface area contributed by atoms with Gasteiger partial charge in [0.05, 0.1) is 13.7 Å². The monoisotopic (exact) mass is 346 g/mol. The summed E-state index contributed by atoms with van der Waals surface area (Å²) in [6.45, 7) is 6.74. The zero-order valence-electron chi connectivity index (χ0n) is 13.7. The predicted molar refractivity (Wildman–Crippen MR) is 95.8 cm³/mol. The number of rotatable bonds is 3. The molecule has 0 aliphatic rings. The Morgan fingerprint density at radius 3 is 2.48 bits per heavy atom. The van der Waals surface area contributed by atoms with Gasteiger partial charge in [-0.2, -0.15) is 0 Å². The molecule has 0 aliphatic heterocycles. The average Bonchev–Trinajstić information content (AvgIpc) is 2.49. The minimum atomic E-state index is -1.59. The molecule has 0 radical (unpaired) electrons. The second kappa shape index (κ2) is 7.03. The van der Waals surface area contributed by atoms with E-state index in [1.165, 1.54) is 10.8 Å². The van der Waals surface area contributed by atoms with Crippen LogP contribution in [0.15, 0.2) is 35.3 Å². The van der Waals surface area contributed by atoms with E-state index in [-0.39, 0.29) is 16.4 Å². The number of hydrogen-bond donors (Lipinski definition) is 0. The van der Waals surface area contributed by atoms with Gasteiger partial charge in [0.25, 0.3) is 5.56 Å². The van der Waals surface area contributed by atoms with Crippen molar-refractivity contribution in [1.82, 2.24) is 9.55 Å². The fourth-order valence-electron chi connectivity index (χ4n) is 1.88. The lowest BCUT2D eigenvalue weighted by atomic mass is 10.2. The van der Waals surface area contributed by atoms with Gasteiger partial charge in [-0.25, -0.2) is 4.98 Å². The topological polar surface area (TPSA) is 44.1 Å². The van der Waals surface area contributed by atoms with Crippen LogP contribution in [0.5, 0.6) is 5.75 Å². The maximum atomic E-state index is 12.5. The molecular formula is C17H19ClN2O2Si. The summed E-state index contributed by atoms with van der Waals surface area (Å²) in [4.78, 5) is 16.6. The second-order valence-electron chi connectivity index (χ2n) is 6.19. The fourth-order valence-corrected chi connectivity index (χ4v) is 2.58. The summed E-state index contributed by atoms with van der Waals surface area (Å²) in [5, 5.41) is 0.262. The van der Waals surface area contributed by atoms with Crippen LogP contribution in [0, 0.1) is 11.5 Å². The molecule has 2 rings (SSSR count). The third-order valence-electron chi connectivity index (χ3n) is 3.01. The van der Waals surface area contributed by atoms with E-state index in [1.807, 2.05) is 24.3 Å². The minimum Gasteiger partial charge on any atom is -0.497 e. The van der Waals surface area contributed by atoms with Crippen molar-refractivity contribution in [3.63, 3.8) is 0 Å². The quantitative estimate of drug-likeness (QED) is 0.633. The molecule has 4 nitrogen and oxygen atoms in total. The predicted octanol–water partition coefficient (Wildman–Crippen LogP) is 3.18. The number of hydrogen-bond acceptors (Lipinski definition) is 3. The first-order valence-electron chi connectivity index (χ1n) is 7.21. The van der Waals surface area contributed by atoms with Gasteiger partial charge in [-0.1, -0.05) is 43.4 Å². The van der Waals surface area contributed by atoms with Crippen molar-refractivity contribution in [3.8, 4) is 17.2 Å². The normalized spacial score (nSPS) is 10.8. The molecule has 0 atom stereocenters. The van der Waals surface area contributed by atoms with E-state index in [1.54, 1.807) is 7.11 Å². The third kappa shape index (κ3) is 4.98. The Labute approximate surface area is 142 Å². The molecule has 1 aromatic carbocycles. The standard InChI is InChI=1S/C17H19ClN2O2Si/c1-22-14-7-5-13(6-8-14)11-20-12-16(18)19-15(17(20)21)9-10-23(2,3)4/h5-8,12H,11H2,1-4H3. The van der Waals surface area contributed by atoms with Gasteiger partial charge < -0.3 is 9.30 Å². The van der Waals surface area contributed by atoms with Crippen molar-refractivity contribution in [2.45, 2.75) is 26.2 Å². The lowest BCUT2D eigenvalue weighted by Gasteiger charge is -2.08. The van der Waals surface area contributed by atoms with Gasteiger partial charge in [-0.15, -0.1) is 5.54 Å². The van der Waals surface area contributed by atoms with Crippen molar-refractivity contribution in [3.05, 3.63) is 57.2 Å². The molecule has 23 heavy (non-hydrogen) atoms. The highest BCUT2D eigenvalue weighted by Crippen LogP contribution is 2.12. The lowest BCUT2D eigenvalue weighted by Crippen LogP contribution is -2.25. The molecule has 1 aromatic heterocycles. The number of halogens is 1. The Morgan fingerprint density at radius 1 is 1.26 bits per heavy atom. The molecule has 0 bridgehead atoms. The van der Waals surface area contributed by atoms with Crippen LogP contribution < -0.4 is 10.3 Å². The summed E-state index contributed by atoms with van der Waals surface area (Å²) in [6, 6.07) is 7.53. The summed E-state index contributed by atoms with van der Waals surface area (Å²) in [5.41, 5.74) is 4.10. The van der Waals surface area contributed by atoms with E-state index in [4.69, 9.17) is 16.3 Å². The van der Waals surface area contributed by atoms with Gasteiger partial charge in [0.1, 0.15) is 19.0 Å². The highest BCUT2D eigenvalue weighted by atomic mass is 35.5. The SMILES string of the molecule is COc1ccc(Cn2cc(Cl)nc(C#C[Si](C)(C)C)c2=O)cc1. The second-order valence-corrected chi connectivity index (χ2v) is 11.3. The highest BCUT2D eigenvalue weighted by molar-refractivity contribution is 6.83. The van der Waals surface area contributed by atoms with Crippen LogP contribution in [0.3, 0.4) is 0 Å². The first-order valence-corrected chi connectivity index (χ1v) is 11.1. The molecule has 0 N–H and O–H groups in total. The van der Waals surface area contributed by atoms with E-state index < -0.39 is 8.07 Å².